The highest BCUT2D eigenvalue weighted by molar-refractivity contribution is 6.31. The minimum atomic E-state index is -2.71. The average molecular weight is 421 g/mol. The molecule has 1 aromatic carbocycles. The van der Waals surface area contributed by atoms with Crippen molar-refractivity contribution >= 4 is 34.9 Å². The van der Waals surface area contributed by atoms with Crippen LogP contribution in [0.3, 0.4) is 0 Å². The van der Waals surface area contributed by atoms with Gasteiger partial charge in [-0.2, -0.15) is 0 Å². The van der Waals surface area contributed by atoms with Crippen LogP contribution in [0.15, 0.2) is 30.5 Å². The van der Waals surface area contributed by atoms with Gasteiger partial charge in [0.05, 0.1) is 10.6 Å². The molecule has 29 heavy (non-hydrogen) atoms. The second-order valence-corrected chi connectivity index (χ2v) is 7.67. The number of fused-ring (bicyclic) bond motifs is 1. The third kappa shape index (κ3) is 4.17. The molecular formula is C20H19ClF2N4O2. The number of nitrogens with one attached hydrogen (secondary N) is 2. The lowest BCUT2D eigenvalue weighted by atomic mass is 10.1. The fraction of sp³-hybridized carbons (Fsp3) is 0.350. The van der Waals surface area contributed by atoms with E-state index < -0.39 is 11.8 Å². The molecule has 152 valence electrons. The number of pyridine rings is 1. The molecule has 4 rings (SSSR count). The van der Waals surface area contributed by atoms with Crippen LogP contribution in [0.2, 0.25) is 5.02 Å². The van der Waals surface area contributed by atoms with E-state index in [0.29, 0.717) is 36.6 Å². The van der Waals surface area contributed by atoms with Gasteiger partial charge in [-0.05, 0) is 30.2 Å². The van der Waals surface area contributed by atoms with Gasteiger partial charge in [0, 0.05) is 49.9 Å². The van der Waals surface area contributed by atoms with Crippen molar-refractivity contribution in [2.45, 2.75) is 31.7 Å². The molecule has 2 aliphatic heterocycles. The molecule has 0 bridgehead atoms. The average Bonchev–Trinajstić information content (AvgIpc) is 2.94. The summed E-state index contributed by atoms with van der Waals surface area (Å²) in [6.45, 7) is 0.939. The topological polar surface area (TPSA) is 74.3 Å². The third-order valence-electron chi connectivity index (χ3n) is 5.15. The summed E-state index contributed by atoms with van der Waals surface area (Å²) in [4.78, 5) is 30.7. The molecule has 0 unspecified atom stereocenters. The second kappa shape index (κ2) is 7.59. The van der Waals surface area contributed by atoms with Gasteiger partial charge in [-0.1, -0.05) is 17.7 Å². The van der Waals surface area contributed by atoms with Gasteiger partial charge in [0.1, 0.15) is 5.82 Å². The first-order chi connectivity index (χ1) is 13.8. The Labute approximate surface area is 171 Å². The molecule has 1 saturated heterocycles. The zero-order valence-electron chi connectivity index (χ0n) is 15.5. The predicted molar refractivity (Wildman–Crippen MR) is 106 cm³/mol. The van der Waals surface area contributed by atoms with Crippen molar-refractivity contribution in [2.75, 3.05) is 23.3 Å². The Morgan fingerprint density at radius 1 is 1.24 bits per heavy atom. The van der Waals surface area contributed by atoms with Crippen LogP contribution in [0.1, 0.15) is 45.5 Å². The Morgan fingerprint density at radius 3 is 2.90 bits per heavy atom. The molecule has 0 atom stereocenters. The summed E-state index contributed by atoms with van der Waals surface area (Å²) >= 11 is 6.04. The molecule has 0 aliphatic carbocycles. The van der Waals surface area contributed by atoms with Crippen molar-refractivity contribution in [3.05, 3.63) is 52.2 Å². The predicted octanol–water partition coefficient (Wildman–Crippen LogP) is 3.86. The number of amides is 2. The van der Waals surface area contributed by atoms with Crippen LogP contribution in [0.5, 0.6) is 0 Å². The van der Waals surface area contributed by atoms with E-state index in [1.807, 2.05) is 0 Å². The van der Waals surface area contributed by atoms with Crippen LogP contribution in [-0.2, 0) is 6.54 Å². The minimum absolute atomic E-state index is 0.0981. The van der Waals surface area contributed by atoms with Gasteiger partial charge in [-0.15, -0.1) is 0 Å². The number of nitrogens with zero attached hydrogens (tertiary/aromatic N) is 2. The Balaban J connectivity index is 1.59. The largest absolute Gasteiger partial charge is 0.356 e. The molecule has 1 aromatic heterocycles. The Bertz CT molecular complexity index is 983. The van der Waals surface area contributed by atoms with Gasteiger partial charge in [-0.25, -0.2) is 13.8 Å². The lowest BCUT2D eigenvalue weighted by molar-refractivity contribution is -0.0102. The van der Waals surface area contributed by atoms with E-state index >= 15 is 0 Å². The van der Waals surface area contributed by atoms with E-state index in [9.17, 15) is 18.4 Å². The highest BCUT2D eigenvalue weighted by Gasteiger charge is 2.33. The monoisotopic (exact) mass is 420 g/mol. The van der Waals surface area contributed by atoms with E-state index in [4.69, 9.17) is 11.6 Å². The quantitative estimate of drug-likeness (QED) is 0.790. The van der Waals surface area contributed by atoms with Gasteiger partial charge in [0.25, 0.3) is 11.8 Å². The summed E-state index contributed by atoms with van der Waals surface area (Å²) in [7, 11) is 0. The molecule has 3 heterocycles. The standard InChI is InChI=1S/C20H19ClF2N4O2/c21-13-8-16(17(24-11-13)27-6-1-4-20(22,23)5-7-27)19(29)26-14-3-2-12-10-25-18(28)15(12)9-14/h2-3,8-9,11H,1,4-7,10H2,(H,25,28)(H,26,29). The number of carbonyl (C=O) groups is 2. The minimum Gasteiger partial charge on any atom is -0.356 e. The van der Waals surface area contributed by atoms with Crippen LogP contribution >= 0.6 is 11.6 Å². The van der Waals surface area contributed by atoms with E-state index in [2.05, 4.69) is 15.6 Å². The summed E-state index contributed by atoms with van der Waals surface area (Å²) in [6, 6.07) is 6.57. The fourth-order valence-corrected chi connectivity index (χ4v) is 3.77. The summed E-state index contributed by atoms with van der Waals surface area (Å²) < 4.78 is 27.4. The van der Waals surface area contributed by atoms with Crippen molar-refractivity contribution in [2.24, 2.45) is 0 Å². The van der Waals surface area contributed by atoms with Crippen LogP contribution in [0.4, 0.5) is 20.3 Å². The van der Waals surface area contributed by atoms with Gasteiger partial charge in [0.15, 0.2) is 0 Å². The van der Waals surface area contributed by atoms with Crippen molar-refractivity contribution in [3.63, 3.8) is 0 Å². The van der Waals surface area contributed by atoms with Gasteiger partial charge in [-0.3, -0.25) is 9.59 Å². The van der Waals surface area contributed by atoms with E-state index in [-0.39, 0.29) is 35.9 Å². The van der Waals surface area contributed by atoms with Crippen molar-refractivity contribution in [3.8, 4) is 0 Å². The lowest BCUT2D eigenvalue weighted by Gasteiger charge is -2.24. The maximum Gasteiger partial charge on any atom is 0.259 e. The summed E-state index contributed by atoms with van der Waals surface area (Å²) in [6.07, 6.45) is 1.23. The number of rotatable bonds is 3. The van der Waals surface area contributed by atoms with Crippen LogP contribution < -0.4 is 15.5 Å². The van der Waals surface area contributed by atoms with Gasteiger partial charge in [0.2, 0.25) is 5.92 Å². The molecular weight excluding hydrogens is 402 g/mol. The molecule has 2 aliphatic rings. The van der Waals surface area contributed by atoms with Crippen molar-refractivity contribution < 1.29 is 18.4 Å². The molecule has 0 radical (unpaired) electrons. The number of hydrogen-bond donors (Lipinski definition) is 2. The third-order valence-corrected chi connectivity index (χ3v) is 5.35. The number of benzene rings is 1. The smallest absolute Gasteiger partial charge is 0.259 e. The Hall–Kier alpha value is -2.74. The molecule has 6 nitrogen and oxygen atoms in total. The van der Waals surface area contributed by atoms with Gasteiger partial charge < -0.3 is 15.5 Å². The SMILES string of the molecule is O=C1NCc2ccc(NC(=O)c3cc(Cl)cnc3N3CCCC(F)(F)CC3)cc21. The van der Waals surface area contributed by atoms with E-state index in [1.54, 1.807) is 23.1 Å². The first kappa shape index (κ1) is 19.6. The first-order valence-corrected chi connectivity index (χ1v) is 9.71. The molecule has 2 aromatic rings. The van der Waals surface area contributed by atoms with Crippen molar-refractivity contribution in [1.29, 1.82) is 0 Å². The van der Waals surface area contributed by atoms with Gasteiger partial charge >= 0.3 is 0 Å². The zero-order valence-corrected chi connectivity index (χ0v) is 16.2. The number of aromatic nitrogens is 1. The number of hydrogen-bond acceptors (Lipinski definition) is 4. The second-order valence-electron chi connectivity index (χ2n) is 7.23. The van der Waals surface area contributed by atoms with Crippen LogP contribution in [0, 0.1) is 0 Å². The highest BCUT2D eigenvalue weighted by atomic mass is 35.5. The van der Waals surface area contributed by atoms with Crippen molar-refractivity contribution in [1.82, 2.24) is 10.3 Å². The van der Waals surface area contributed by atoms with E-state index in [0.717, 1.165) is 5.56 Å². The number of halogens is 3. The maximum atomic E-state index is 13.7. The maximum absolute atomic E-state index is 13.7. The number of alkyl halides is 2. The lowest BCUT2D eigenvalue weighted by Crippen LogP contribution is -2.29. The summed E-state index contributed by atoms with van der Waals surface area (Å²) in [5.74, 6) is -3.05. The number of anilines is 2. The number of carbonyl (C=O) groups excluding carboxylic acids is 2. The summed E-state index contributed by atoms with van der Waals surface area (Å²) in [5, 5.41) is 5.75. The van der Waals surface area contributed by atoms with Crippen LogP contribution in [-0.4, -0.2) is 35.8 Å². The Morgan fingerprint density at radius 2 is 2.07 bits per heavy atom. The molecule has 0 spiro atoms. The fourth-order valence-electron chi connectivity index (χ4n) is 3.62. The normalized spacial score (nSPS) is 18.0. The molecule has 0 saturated carbocycles. The zero-order chi connectivity index (χ0) is 20.6. The van der Waals surface area contributed by atoms with E-state index in [1.165, 1.54) is 12.3 Å². The molecule has 1 fully saturated rings. The molecule has 9 heteroatoms. The summed E-state index contributed by atoms with van der Waals surface area (Å²) in [5.41, 5.74) is 2.04. The first-order valence-electron chi connectivity index (χ1n) is 9.33. The molecule has 2 amide bonds. The Kier molecular flexibility index (Phi) is 5.12. The molecule has 2 N–H and O–H groups in total. The highest BCUT2D eigenvalue weighted by Crippen LogP contribution is 2.31. The van der Waals surface area contributed by atoms with Crippen LogP contribution in [0.25, 0.3) is 0 Å².